The third-order valence-electron chi connectivity index (χ3n) is 4.97. The zero-order valence-electron chi connectivity index (χ0n) is 17.3. The van der Waals surface area contributed by atoms with Crippen LogP contribution in [0.25, 0.3) is 0 Å². The third kappa shape index (κ3) is 5.25. The second-order valence-electron chi connectivity index (χ2n) is 6.88. The number of nitrogens with one attached hydrogen (secondary N) is 2. The van der Waals surface area contributed by atoms with Crippen molar-refractivity contribution >= 4 is 23.0 Å². The monoisotopic (exact) mass is 399 g/mol. The molecule has 2 aromatic carbocycles. The van der Waals surface area contributed by atoms with Crippen LogP contribution in [-0.2, 0) is 4.79 Å². The Labute approximate surface area is 171 Å². The summed E-state index contributed by atoms with van der Waals surface area (Å²) in [6, 6.07) is 11.7. The molecule has 0 unspecified atom stereocenters. The Bertz CT molecular complexity index is 792. The van der Waals surface area contributed by atoms with Crippen LogP contribution in [0.15, 0.2) is 36.4 Å². The zero-order valence-corrected chi connectivity index (χ0v) is 17.3. The number of carbonyl (C=O) groups is 1. The molecule has 156 valence electrons. The molecule has 1 amide bonds. The van der Waals surface area contributed by atoms with Crippen LogP contribution in [0.5, 0.6) is 17.2 Å². The van der Waals surface area contributed by atoms with Gasteiger partial charge in [0.15, 0.2) is 11.5 Å². The maximum atomic E-state index is 12.3. The molecule has 1 saturated heterocycles. The molecule has 0 aliphatic carbocycles. The Hall–Kier alpha value is -3.09. The third-order valence-corrected chi connectivity index (χ3v) is 4.97. The number of benzene rings is 2. The molecule has 0 saturated carbocycles. The van der Waals surface area contributed by atoms with Gasteiger partial charge < -0.3 is 29.7 Å². The molecule has 2 N–H and O–H groups in total. The number of anilines is 3. The number of hydrogen-bond donors (Lipinski definition) is 2. The molecule has 1 aliphatic rings. The van der Waals surface area contributed by atoms with Crippen molar-refractivity contribution in [3.63, 3.8) is 0 Å². The fourth-order valence-corrected chi connectivity index (χ4v) is 3.46. The fourth-order valence-electron chi connectivity index (χ4n) is 3.46. The summed E-state index contributed by atoms with van der Waals surface area (Å²) in [5, 5.41) is 6.17. The lowest BCUT2D eigenvalue weighted by molar-refractivity contribution is -0.115. The van der Waals surface area contributed by atoms with Crippen LogP contribution in [0, 0.1) is 0 Å². The number of methoxy groups -OCH3 is 3. The van der Waals surface area contributed by atoms with Gasteiger partial charge in [-0.25, -0.2) is 0 Å². The minimum absolute atomic E-state index is 0.0427. The molecule has 7 heteroatoms. The predicted molar refractivity (Wildman–Crippen MR) is 116 cm³/mol. The van der Waals surface area contributed by atoms with E-state index in [4.69, 9.17) is 14.2 Å². The molecular weight excluding hydrogens is 370 g/mol. The number of nitrogens with zero attached hydrogens (tertiary/aromatic N) is 1. The first kappa shape index (κ1) is 20.6. The highest BCUT2D eigenvalue weighted by Gasteiger charge is 2.14. The van der Waals surface area contributed by atoms with Crippen LogP contribution in [0.2, 0.25) is 0 Å². The maximum Gasteiger partial charge on any atom is 0.226 e. The molecule has 7 nitrogen and oxygen atoms in total. The lowest BCUT2D eigenvalue weighted by Crippen LogP contribution is -2.18. The van der Waals surface area contributed by atoms with E-state index in [1.807, 2.05) is 24.3 Å². The molecule has 1 aliphatic heterocycles. The minimum Gasteiger partial charge on any atom is -0.493 e. The molecule has 0 atom stereocenters. The van der Waals surface area contributed by atoms with E-state index in [0.29, 0.717) is 30.2 Å². The molecule has 1 heterocycles. The molecule has 0 aromatic heterocycles. The zero-order chi connectivity index (χ0) is 20.6. The molecule has 2 aromatic rings. The average molecular weight is 399 g/mol. The van der Waals surface area contributed by atoms with Gasteiger partial charge in [0.05, 0.1) is 21.3 Å². The van der Waals surface area contributed by atoms with Gasteiger partial charge >= 0.3 is 0 Å². The second-order valence-corrected chi connectivity index (χ2v) is 6.88. The maximum absolute atomic E-state index is 12.3. The SMILES string of the molecule is COc1cc(NCCC(=O)Nc2ccc(N3CCCC3)cc2)cc(OC)c1OC. The summed E-state index contributed by atoms with van der Waals surface area (Å²) in [6.07, 6.45) is 2.83. The summed E-state index contributed by atoms with van der Waals surface area (Å²) in [6.45, 7) is 2.70. The van der Waals surface area contributed by atoms with Gasteiger partial charge in [-0.3, -0.25) is 4.79 Å². The van der Waals surface area contributed by atoms with Crippen molar-refractivity contribution in [2.24, 2.45) is 0 Å². The summed E-state index contributed by atoms with van der Waals surface area (Å²) in [5.74, 6) is 1.63. The van der Waals surface area contributed by atoms with Crippen LogP contribution in [-0.4, -0.2) is 46.9 Å². The Morgan fingerprint density at radius 1 is 0.931 bits per heavy atom. The predicted octanol–water partition coefficient (Wildman–Crippen LogP) is 3.75. The van der Waals surface area contributed by atoms with Gasteiger partial charge in [-0.1, -0.05) is 0 Å². The van der Waals surface area contributed by atoms with E-state index in [-0.39, 0.29) is 5.91 Å². The molecule has 1 fully saturated rings. The van der Waals surface area contributed by atoms with Gasteiger partial charge in [0.1, 0.15) is 0 Å². The normalized spacial score (nSPS) is 13.1. The Morgan fingerprint density at radius 3 is 2.10 bits per heavy atom. The number of rotatable bonds is 9. The summed E-state index contributed by atoms with van der Waals surface area (Å²) in [7, 11) is 4.71. The van der Waals surface area contributed by atoms with E-state index in [1.165, 1.54) is 18.5 Å². The molecule has 0 spiro atoms. The van der Waals surface area contributed by atoms with E-state index < -0.39 is 0 Å². The van der Waals surface area contributed by atoms with Crippen LogP contribution >= 0.6 is 0 Å². The van der Waals surface area contributed by atoms with Gasteiger partial charge in [-0.05, 0) is 37.1 Å². The van der Waals surface area contributed by atoms with Crippen LogP contribution < -0.4 is 29.7 Å². The number of hydrogen-bond acceptors (Lipinski definition) is 6. The number of carbonyl (C=O) groups excluding carboxylic acids is 1. The molecule has 0 bridgehead atoms. The summed E-state index contributed by atoms with van der Waals surface area (Å²) in [4.78, 5) is 14.6. The van der Waals surface area contributed by atoms with E-state index in [0.717, 1.165) is 24.5 Å². The Kier molecular flexibility index (Phi) is 7.05. The summed E-state index contributed by atoms with van der Waals surface area (Å²) < 4.78 is 16.0. The van der Waals surface area contributed by atoms with Crippen molar-refractivity contribution in [2.75, 3.05) is 56.5 Å². The van der Waals surface area contributed by atoms with Gasteiger partial charge in [0.2, 0.25) is 11.7 Å². The van der Waals surface area contributed by atoms with E-state index >= 15 is 0 Å². The van der Waals surface area contributed by atoms with E-state index in [2.05, 4.69) is 27.7 Å². The van der Waals surface area contributed by atoms with Crippen molar-refractivity contribution in [1.29, 1.82) is 0 Å². The highest BCUT2D eigenvalue weighted by atomic mass is 16.5. The largest absolute Gasteiger partial charge is 0.493 e. The number of ether oxygens (including phenoxy) is 3. The Morgan fingerprint density at radius 2 is 1.55 bits per heavy atom. The lowest BCUT2D eigenvalue weighted by Gasteiger charge is -2.18. The number of amides is 1. The first-order valence-corrected chi connectivity index (χ1v) is 9.83. The first-order chi connectivity index (χ1) is 14.1. The van der Waals surface area contributed by atoms with Gasteiger partial charge in [0, 0.05) is 55.2 Å². The van der Waals surface area contributed by atoms with Crippen molar-refractivity contribution in [3.05, 3.63) is 36.4 Å². The second kappa shape index (κ2) is 9.91. The van der Waals surface area contributed by atoms with E-state index in [1.54, 1.807) is 21.3 Å². The van der Waals surface area contributed by atoms with Crippen LogP contribution in [0.1, 0.15) is 19.3 Å². The summed E-state index contributed by atoms with van der Waals surface area (Å²) >= 11 is 0. The fraction of sp³-hybridized carbons (Fsp3) is 0.409. The smallest absolute Gasteiger partial charge is 0.226 e. The average Bonchev–Trinajstić information content (AvgIpc) is 3.28. The molecule has 0 radical (unpaired) electrons. The highest BCUT2D eigenvalue weighted by molar-refractivity contribution is 5.91. The van der Waals surface area contributed by atoms with Crippen LogP contribution in [0.4, 0.5) is 17.1 Å². The quantitative estimate of drug-likeness (QED) is 0.669. The topological polar surface area (TPSA) is 72.1 Å². The molecule has 3 rings (SSSR count). The molecular formula is C22H29N3O4. The molecule has 29 heavy (non-hydrogen) atoms. The van der Waals surface area contributed by atoms with Crippen molar-refractivity contribution < 1.29 is 19.0 Å². The summed E-state index contributed by atoms with van der Waals surface area (Å²) in [5.41, 5.74) is 2.82. The first-order valence-electron chi connectivity index (χ1n) is 9.83. The van der Waals surface area contributed by atoms with Crippen LogP contribution in [0.3, 0.4) is 0 Å². The van der Waals surface area contributed by atoms with Crippen molar-refractivity contribution in [3.8, 4) is 17.2 Å². The minimum atomic E-state index is -0.0427. The lowest BCUT2D eigenvalue weighted by atomic mass is 10.2. The van der Waals surface area contributed by atoms with E-state index in [9.17, 15) is 4.79 Å². The van der Waals surface area contributed by atoms with Gasteiger partial charge in [-0.2, -0.15) is 0 Å². The standard InChI is InChI=1S/C22H29N3O4/c1-27-19-14-17(15-20(28-2)22(19)29-3)23-11-10-21(26)24-16-6-8-18(9-7-16)25-12-4-5-13-25/h6-9,14-15,23H,4-5,10-13H2,1-3H3,(H,24,26). The van der Waals surface area contributed by atoms with Gasteiger partial charge in [0.25, 0.3) is 0 Å². The highest BCUT2D eigenvalue weighted by Crippen LogP contribution is 2.39. The van der Waals surface area contributed by atoms with Gasteiger partial charge in [-0.15, -0.1) is 0 Å². The van der Waals surface area contributed by atoms with Crippen molar-refractivity contribution in [2.45, 2.75) is 19.3 Å². The van der Waals surface area contributed by atoms with Crippen molar-refractivity contribution in [1.82, 2.24) is 0 Å². The Balaban J connectivity index is 1.51.